The van der Waals surface area contributed by atoms with Crippen molar-refractivity contribution in [2.45, 2.75) is 4.90 Å². The summed E-state index contributed by atoms with van der Waals surface area (Å²) in [5.74, 6) is -1.50. The predicted molar refractivity (Wildman–Crippen MR) is 111 cm³/mol. The zero-order valence-corrected chi connectivity index (χ0v) is 16.8. The smallest absolute Gasteiger partial charge is 0.232 e. The summed E-state index contributed by atoms with van der Waals surface area (Å²) in [6.07, 6.45) is 0. The first-order chi connectivity index (χ1) is 14.2. The van der Waals surface area contributed by atoms with Crippen LogP contribution >= 0.6 is 11.6 Å². The van der Waals surface area contributed by atoms with Gasteiger partial charge in [0.15, 0.2) is 0 Å². The Morgan fingerprint density at radius 1 is 0.900 bits per heavy atom. The monoisotopic (exact) mass is 445 g/mol. The van der Waals surface area contributed by atoms with Gasteiger partial charge in [0.1, 0.15) is 11.6 Å². The largest absolute Gasteiger partial charge is 0.238 e. The summed E-state index contributed by atoms with van der Waals surface area (Å²) in [6, 6.07) is 17.5. The fourth-order valence-corrected chi connectivity index (χ4v) is 3.68. The van der Waals surface area contributed by atoms with Crippen LogP contribution in [0, 0.1) is 11.6 Å². The lowest BCUT2D eigenvalue weighted by Crippen LogP contribution is -2.12. The van der Waals surface area contributed by atoms with Crippen LogP contribution in [-0.4, -0.2) is 18.2 Å². The topological polar surface area (TPSA) is 78.0 Å². The van der Waals surface area contributed by atoms with E-state index in [1.54, 1.807) is 30.3 Å². The Labute approximate surface area is 176 Å². The highest BCUT2D eigenvalue weighted by Crippen LogP contribution is 2.32. The molecule has 0 aliphatic heterocycles. The van der Waals surface area contributed by atoms with Gasteiger partial charge in [-0.15, -0.1) is 0 Å². The molecule has 0 saturated carbocycles. The van der Waals surface area contributed by atoms with E-state index >= 15 is 0 Å². The normalized spacial score (nSPS) is 11.6. The summed E-state index contributed by atoms with van der Waals surface area (Å²) in [5.41, 5.74) is 1.47. The molecule has 9 heteroatoms. The van der Waals surface area contributed by atoms with Gasteiger partial charge in [-0.05, 0) is 54.6 Å². The molecular formula is C21H14ClF2N3O2S. The Morgan fingerprint density at radius 3 is 2.07 bits per heavy atom. The maximum Gasteiger partial charge on any atom is 0.238 e. The third kappa shape index (κ3) is 3.85. The van der Waals surface area contributed by atoms with Crippen LogP contribution in [0.1, 0.15) is 0 Å². The van der Waals surface area contributed by atoms with Crippen LogP contribution in [0.3, 0.4) is 0 Å². The van der Waals surface area contributed by atoms with Crippen LogP contribution in [0.2, 0.25) is 5.02 Å². The Balaban J connectivity index is 1.93. The Hall–Kier alpha value is -3.07. The fourth-order valence-electron chi connectivity index (χ4n) is 3.04. The van der Waals surface area contributed by atoms with Crippen LogP contribution in [0.25, 0.3) is 28.2 Å². The van der Waals surface area contributed by atoms with Gasteiger partial charge in [-0.3, -0.25) is 0 Å². The van der Waals surface area contributed by atoms with Gasteiger partial charge < -0.3 is 0 Å². The maximum absolute atomic E-state index is 14.5. The van der Waals surface area contributed by atoms with E-state index in [4.69, 9.17) is 16.7 Å². The van der Waals surface area contributed by atoms with Gasteiger partial charge in [0, 0.05) is 10.6 Å². The van der Waals surface area contributed by atoms with Crippen LogP contribution in [0.15, 0.2) is 77.7 Å². The minimum absolute atomic E-state index is 0.0880. The molecule has 0 radical (unpaired) electrons. The summed E-state index contributed by atoms with van der Waals surface area (Å²) in [6.45, 7) is 0. The number of halogens is 3. The first-order valence-corrected chi connectivity index (χ1v) is 10.6. The number of aromatic nitrogens is 2. The van der Waals surface area contributed by atoms with Gasteiger partial charge >= 0.3 is 0 Å². The van der Waals surface area contributed by atoms with Crippen molar-refractivity contribution >= 4 is 21.6 Å². The van der Waals surface area contributed by atoms with Crippen LogP contribution in [0.5, 0.6) is 0 Å². The molecule has 2 N–H and O–H groups in total. The molecule has 0 saturated heterocycles. The lowest BCUT2D eigenvalue weighted by molar-refractivity contribution is 0.587. The van der Waals surface area contributed by atoms with E-state index in [-0.39, 0.29) is 16.2 Å². The highest BCUT2D eigenvalue weighted by molar-refractivity contribution is 7.89. The summed E-state index contributed by atoms with van der Waals surface area (Å²) in [5, 5.41) is 10.2. The second kappa shape index (κ2) is 7.64. The van der Waals surface area contributed by atoms with Crippen molar-refractivity contribution in [3.63, 3.8) is 0 Å². The molecule has 0 amide bonds. The van der Waals surface area contributed by atoms with Crippen molar-refractivity contribution < 1.29 is 17.2 Å². The Morgan fingerprint density at radius 2 is 1.50 bits per heavy atom. The average Bonchev–Trinajstić information content (AvgIpc) is 3.13. The van der Waals surface area contributed by atoms with E-state index in [1.165, 1.54) is 35.0 Å². The van der Waals surface area contributed by atoms with Crippen LogP contribution < -0.4 is 5.14 Å². The lowest BCUT2D eigenvalue weighted by atomic mass is 10.1. The van der Waals surface area contributed by atoms with Gasteiger partial charge in [0.2, 0.25) is 10.0 Å². The molecule has 0 spiro atoms. The molecular weight excluding hydrogens is 432 g/mol. The molecule has 1 heterocycles. The number of nitrogens with zero attached hydrogens (tertiary/aromatic N) is 2. The van der Waals surface area contributed by atoms with Gasteiger partial charge in [-0.2, -0.15) is 5.10 Å². The Bertz CT molecular complexity index is 1320. The van der Waals surface area contributed by atoms with E-state index in [2.05, 4.69) is 5.10 Å². The third-order valence-corrected chi connectivity index (χ3v) is 5.66. The van der Waals surface area contributed by atoms with Crippen molar-refractivity contribution in [3.8, 4) is 28.2 Å². The van der Waals surface area contributed by atoms with Gasteiger partial charge in [0.25, 0.3) is 0 Å². The van der Waals surface area contributed by atoms with Gasteiger partial charge in [-0.25, -0.2) is 27.0 Å². The zero-order valence-electron chi connectivity index (χ0n) is 15.3. The van der Waals surface area contributed by atoms with Crippen molar-refractivity contribution in [2.24, 2.45) is 5.14 Å². The third-order valence-electron chi connectivity index (χ3n) is 4.48. The van der Waals surface area contributed by atoms with E-state index in [0.29, 0.717) is 22.0 Å². The highest BCUT2D eigenvalue weighted by atomic mass is 35.5. The highest BCUT2D eigenvalue weighted by Gasteiger charge is 2.20. The van der Waals surface area contributed by atoms with Crippen molar-refractivity contribution in [1.29, 1.82) is 0 Å². The quantitative estimate of drug-likeness (QED) is 0.490. The number of sulfonamides is 1. The second-order valence-corrected chi connectivity index (χ2v) is 8.47. The molecule has 4 rings (SSSR count). The maximum atomic E-state index is 14.5. The molecule has 0 unspecified atom stereocenters. The molecule has 0 aliphatic carbocycles. The molecule has 30 heavy (non-hydrogen) atoms. The molecule has 3 aromatic carbocycles. The van der Waals surface area contributed by atoms with E-state index in [9.17, 15) is 17.2 Å². The first-order valence-electron chi connectivity index (χ1n) is 8.68. The number of benzene rings is 3. The number of hydrogen-bond acceptors (Lipinski definition) is 3. The standard InChI is InChI=1S/C21H14ClF2N3O2S/c22-14-6-4-13(5-7-14)19-12-20(21-17(23)2-1-3-18(21)24)27(26-19)15-8-10-16(11-9-15)30(25,28)29/h1-12H,(H2,25,28,29). The first kappa shape index (κ1) is 20.2. The van der Waals surface area contributed by atoms with Crippen molar-refractivity contribution in [2.75, 3.05) is 0 Å². The second-order valence-electron chi connectivity index (χ2n) is 6.47. The van der Waals surface area contributed by atoms with Crippen LogP contribution in [-0.2, 0) is 10.0 Å². The molecule has 0 aliphatic rings. The van der Waals surface area contributed by atoms with Crippen LogP contribution in [0.4, 0.5) is 8.78 Å². The van der Waals surface area contributed by atoms with Gasteiger partial charge in [-0.1, -0.05) is 29.8 Å². The minimum Gasteiger partial charge on any atom is -0.232 e. The van der Waals surface area contributed by atoms with Crippen molar-refractivity contribution in [1.82, 2.24) is 9.78 Å². The minimum atomic E-state index is -3.88. The van der Waals surface area contributed by atoms with Gasteiger partial charge in [0.05, 0.1) is 27.5 Å². The number of rotatable bonds is 4. The number of nitrogens with two attached hydrogens (primary N) is 1. The summed E-state index contributed by atoms with van der Waals surface area (Å²) >= 11 is 5.94. The predicted octanol–water partition coefficient (Wildman–Crippen LogP) is 4.79. The Kier molecular flexibility index (Phi) is 5.15. The molecule has 0 bridgehead atoms. The molecule has 152 valence electrons. The number of primary sulfonamides is 1. The van der Waals surface area contributed by atoms with E-state index < -0.39 is 21.7 Å². The zero-order chi connectivity index (χ0) is 21.5. The average molecular weight is 446 g/mol. The summed E-state index contributed by atoms with van der Waals surface area (Å²) in [4.78, 5) is -0.0880. The molecule has 0 atom stereocenters. The lowest BCUT2D eigenvalue weighted by Gasteiger charge is -2.10. The SMILES string of the molecule is NS(=O)(=O)c1ccc(-n2nc(-c3ccc(Cl)cc3)cc2-c2c(F)cccc2F)cc1. The van der Waals surface area contributed by atoms with E-state index in [1.807, 2.05) is 0 Å². The molecule has 5 nitrogen and oxygen atoms in total. The molecule has 1 aromatic heterocycles. The summed E-state index contributed by atoms with van der Waals surface area (Å²) < 4.78 is 53.4. The molecule has 4 aromatic rings. The van der Waals surface area contributed by atoms with E-state index in [0.717, 1.165) is 12.1 Å². The fraction of sp³-hybridized carbons (Fsp3) is 0. The number of hydrogen-bond donors (Lipinski definition) is 1. The summed E-state index contributed by atoms with van der Waals surface area (Å²) in [7, 11) is -3.88. The van der Waals surface area contributed by atoms with Crippen molar-refractivity contribution in [3.05, 3.63) is 89.5 Å². The molecule has 0 fully saturated rings.